The summed E-state index contributed by atoms with van der Waals surface area (Å²) in [6, 6.07) is 15.8. The minimum absolute atomic E-state index is 0.00745. The quantitative estimate of drug-likeness (QED) is 0.412. The number of H-pyrrole nitrogens is 1. The summed E-state index contributed by atoms with van der Waals surface area (Å²) in [5.41, 5.74) is 1.84. The van der Waals surface area contributed by atoms with Crippen molar-refractivity contribution >= 4 is 29.0 Å². The highest BCUT2D eigenvalue weighted by molar-refractivity contribution is 7.13. The molecular formula is C22H18FN5O2S. The average molecular weight is 435 g/mol. The van der Waals surface area contributed by atoms with Gasteiger partial charge in [0.2, 0.25) is 5.91 Å². The maximum Gasteiger partial charge on any atom is 0.252 e. The van der Waals surface area contributed by atoms with Crippen LogP contribution in [0.3, 0.4) is 0 Å². The van der Waals surface area contributed by atoms with Crippen molar-refractivity contribution in [2.45, 2.75) is 12.5 Å². The van der Waals surface area contributed by atoms with E-state index in [-0.39, 0.29) is 18.1 Å². The van der Waals surface area contributed by atoms with Gasteiger partial charge in [-0.15, -0.1) is 11.3 Å². The molecule has 156 valence electrons. The van der Waals surface area contributed by atoms with Crippen LogP contribution in [0.1, 0.15) is 17.3 Å². The van der Waals surface area contributed by atoms with Crippen molar-refractivity contribution in [3.05, 3.63) is 89.3 Å². The molecule has 0 saturated heterocycles. The smallest absolute Gasteiger partial charge is 0.252 e. The molecular weight excluding hydrogens is 417 g/mol. The largest absolute Gasteiger partial charge is 0.340 e. The summed E-state index contributed by atoms with van der Waals surface area (Å²) in [6.45, 7) is 0. The van der Waals surface area contributed by atoms with Gasteiger partial charge in [-0.05, 0) is 17.7 Å². The predicted molar refractivity (Wildman–Crippen MR) is 116 cm³/mol. The van der Waals surface area contributed by atoms with Crippen molar-refractivity contribution in [1.29, 1.82) is 0 Å². The third-order valence-corrected chi connectivity index (χ3v) is 5.36. The lowest BCUT2D eigenvalue weighted by Gasteiger charge is -2.18. The maximum atomic E-state index is 13.5. The molecule has 2 amide bonds. The maximum absolute atomic E-state index is 13.5. The van der Waals surface area contributed by atoms with Crippen molar-refractivity contribution in [2.24, 2.45) is 0 Å². The molecule has 2 aromatic heterocycles. The van der Waals surface area contributed by atoms with E-state index in [9.17, 15) is 14.0 Å². The summed E-state index contributed by atoms with van der Waals surface area (Å²) in [5.74, 6) is -0.673. The van der Waals surface area contributed by atoms with E-state index in [2.05, 4.69) is 25.8 Å². The van der Waals surface area contributed by atoms with Gasteiger partial charge in [-0.2, -0.15) is 5.10 Å². The Morgan fingerprint density at radius 2 is 1.94 bits per heavy atom. The van der Waals surface area contributed by atoms with Crippen LogP contribution < -0.4 is 10.6 Å². The first-order valence-corrected chi connectivity index (χ1v) is 10.3. The number of aromatic amines is 1. The van der Waals surface area contributed by atoms with Crippen LogP contribution in [0.25, 0.3) is 10.6 Å². The van der Waals surface area contributed by atoms with Crippen LogP contribution in [0.15, 0.2) is 72.2 Å². The van der Waals surface area contributed by atoms with Gasteiger partial charge < -0.3 is 10.6 Å². The average Bonchev–Trinajstić information content (AvgIpc) is 3.45. The molecule has 0 radical (unpaired) electrons. The molecule has 1 atom stereocenters. The number of nitrogens with zero attached hydrogens (tertiary/aromatic N) is 2. The van der Waals surface area contributed by atoms with Gasteiger partial charge in [-0.1, -0.05) is 42.5 Å². The molecule has 0 aliphatic carbocycles. The fourth-order valence-electron chi connectivity index (χ4n) is 2.99. The number of halogens is 1. The van der Waals surface area contributed by atoms with Crippen LogP contribution in [-0.2, 0) is 16.0 Å². The van der Waals surface area contributed by atoms with E-state index >= 15 is 0 Å². The lowest BCUT2D eigenvalue weighted by molar-refractivity contribution is -0.126. The minimum atomic E-state index is -0.890. The van der Waals surface area contributed by atoms with Gasteiger partial charge in [-0.3, -0.25) is 14.7 Å². The monoisotopic (exact) mass is 435 g/mol. The van der Waals surface area contributed by atoms with Crippen LogP contribution in [0.2, 0.25) is 0 Å². The molecule has 2 aromatic carbocycles. The number of thiazole rings is 1. The Kier molecular flexibility index (Phi) is 6.13. The van der Waals surface area contributed by atoms with Gasteiger partial charge in [-0.25, -0.2) is 9.37 Å². The normalized spacial score (nSPS) is 11.6. The molecule has 3 N–H and O–H groups in total. The Labute approximate surface area is 181 Å². The lowest BCUT2D eigenvalue weighted by atomic mass is 10.1. The summed E-state index contributed by atoms with van der Waals surface area (Å²) >= 11 is 1.33. The van der Waals surface area contributed by atoms with E-state index in [0.29, 0.717) is 27.6 Å². The molecule has 31 heavy (non-hydrogen) atoms. The van der Waals surface area contributed by atoms with Gasteiger partial charge in [0.15, 0.2) is 0 Å². The zero-order chi connectivity index (χ0) is 21.6. The van der Waals surface area contributed by atoms with Gasteiger partial charge in [0.25, 0.3) is 5.91 Å². The second-order valence-corrected chi connectivity index (χ2v) is 7.56. The minimum Gasteiger partial charge on any atom is -0.340 e. The highest BCUT2D eigenvalue weighted by atomic mass is 32.1. The summed E-state index contributed by atoms with van der Waals surface area (Å²) < 4.78 is 13.5. The fourth-order valence-corrected chi connectivity index (χ4v) is 3.81. The van der Waals surface area contributed by atoms with E-state index in [1.807, 2.05) is 6.07 Å². The van der Waals surface area contributed by atoms with Gasteiger partial charge in [0, 0.05) is 17.0 Å². The van der Waals surface area contributed by atoms with Gasteiger partial charge >= 0.3 is 0 Å². The van der Waals surface area contributed by atoms with Crippen molar-refractivity contribution in [3.8, 4) is 10.6 Å². The first kappa shape index (κ1) is 20.4. The Morgan fingerprint density at radius 1 is 1.10 bits per heavy atom. The van der Waals surface area contributed by atoms with E-state index in [4.69, 9.17) is 0 Å². The topological polar surface area (TPSA) is 99.8 Å². The van der Waals surface area contributed by atoms with Crippen LogP contribution >= 0.6 is 11.3 Å². The predicted octanol–water partition coefficient (Wildman–Crippen LogP) is 3.71. The molecule has 0 aliphatic heterocycles. The molecule has 0 fully saturated rings. The second-order valence-electron chi connectivity index (χ2n) is 6.70. The van der Waals surface area contributed by atoms with Crippen molar-refractivity contribution in [1.82, 2.24) is 20.5 Å². The van der Waals surface area contributed by atoms with Crippen molar-refractivity contribution in [2.75, 3.05) is 5.32 Å². The van der Waals surface area contributed by atoms with Crippen LogP contribution in [0, 0.1) is 5.82 Å². The summed E-state index contributed by atoms with van der Waals surface area (Å²) in [7, 11) is 0. The molecule has 0 saturated carbocycles. The molecule has 7 nitrogen and oxygen atoms in total. The second kappa shape index (κ2) is 9.31. The molecule has 0 spiro atoms. The third-order valence-electron chi connectivity index (χ3n) is 4.42. The summed E-state index contributed by atoms with van der Waals surface area (Å²) in [5, 5.41) is 14.3. The number of benzene rings is 2. The third kappa shape index (κ3) is 5.20. The van der Waals surface area contributed by atoms with Crippen molar-refractivity contribution in [3.63, 3.8) is 0 Å². The molecule has 1 unspecified atom stereocenters. The first-order valence-electron chi connectivity index (χ1n) is 9.43. The Balaban J connectivity index is 1.47. The standard InChI is InChI=1S/C22H18FN5O2S/c23-16-8-4-7-15(11-16)22-25-17(13-31-22)12-19(29)27-20(14-5-2-1-3-6-14)21(30)26-18-9-10-24-28-18/h1-11,13,20H,12H2,(H,27,29)(H2,24,26,28,30). The van der Waals surface area contributed by atoms with Gasteiger partial charge in [0.05, 0.1) is 18.3 Å². The van der Waals surface area contributed by atoms with E-state index in [1.165, 1.54) is 29.7 Å². The number of carbonyl (C=O) groups excluding carboxylic acids is 2. The van der Waals surface area contributed by atoms with Crippen molar-refractivity contribution < 1.29 is 14.0 Å². The highest BCUT2D eigenvalue weighted by Gasteiger charge is 2.23. The zero-order valence-corrected chi connectivity index (χ0v) is 17.0. The number of aromatic nitrogens is 3. The SMILES string of the molecule is O=C(Cc1csc(-c2cccc(F)c2)n1)NC(C(=O)Nc1ccn[nH]1)c1ccccc1. The number of carbonyl (C=O) groups is 2. The summed E-state index contributed by atoms with van der Waals surface area (Å²) in [4.78, 5) is 29.9. The Hall–Kier alpha value is -3.85. The fraction of sp³-hybridized carbons (Fsp3) is 0.0909. The van der Waals surface area contributed by atoms with E-state index in [0.717, 1.165) is 0 Å². The van der Waals surface area contributed by atoms with E-state index in [1.54, 1.807) is 47.8 Å². The lowest BCUT2D eigenvalue weighted by Crippen LogP contribution is -2.37. The summed E-state index contributed by atoms with van der Waals surface area (Å²) in [6.07, 6.45) is 1.51. The van der Waals surface area contributed by atoms with Crippen LogP contribution in [0.4, 0.5) is 10.2 Å². The molecule has 4 aromatic rings. The first-order chi connectivity index (χ1) is 15.1. The molecule has 4 rings (SSSR count). The number of anilines is 1. The van der Waals surface area contributed by atoms with E-state index < -0.39 is 11.9 Å². The Morgan fingerprint density at radius 3 is 2.68 bits per heavy atom. The molecule has 2 heterocycles. The Bertz CT molecular complexity index is 1180. The van der Waals surface area contributed by atoms with Crippen LogP contribution in [-0.4, -0.2) is 27.0 Å². The van der Waals surface area contributed by atoms with Crippen LogP contribution in [0.5, 0.6) is 0 Å². The number of rotatable bonds is 7. The number of hydrogen-bond donors (Lipinski definition) is 3. The highest BCUT2D eigenvalue weighted by Crippen LogP contribution is 2.24. The molecule has 0 aliphatic rings. The van der Waals surface area contributed by atoms with Gasteiger partial charge in [0.1, 0.15) is 22.7 Å². The zero-order valence-electron chi connectivity index (χ0n) is 16.2. The molecule has 9 heteroatoms. The number of hydrogen-bond acceptors (Lipinski definition) is 5. The molecule has 0 bridgehead atoms. The number of amides is 2. The number of nitrogens with one attached hydrogen (secondary N) is 3.